The lowest BCUT2D eigenvalue weighted by molar-refractivity contribution is 1.31. The van der Waals surface area contributed by atoms with E-state index >= 15 is 0 Å². The van der Waals surface area contributed by atoms with Crippen molar-refractivity contribution in [3.05, 3.63) is 24.5 Å². The van der Waals surface area contributed by atoms with Crippen molar-refractivity contribution in [2.24, 2.45) is 4.99 Å². The Balaban J connectivity index is 2.81. The molecule has 1 N–H and O–H groups in total. The minimum absolute atomic E-state index is 0.615. The molecule has 0 saturated heterocycles. The zero-order chi connectivity index (χ0) is 8.39. The highest BCUT2D eigenvalue weighted by atomic mass is 32.1. The number of H-pyrrole nitrogens is 1. The summed E-state index contributed by atoms with van der Waals surface area (Å²) in [4.78, 5) is 11.0. The van der Waals surface area contributed by atoms with Gasteiger partial charge < -0.3 is 4.98 Å². The second-order valence-corrected chi connectivity index (χ2v) is 2.46. The van der Waals surface area contributed by atoms with Crippen LogP contribution < -0.4 is 0 Å². The smallest absolute Gasteiger partial charge is 0.171 e. The molecule has 0 spiro atoms. The second kappa shape index (κ2) is 2.85. The lowest BCUT2D eigenvalue weighted by Crippen LogP contribution is -1.73. The van der Waals surface area contributed by atoms with Gasteiger partial charge in [0.15, 0.2) is 5.82 Å². The van der Waals surface area contributed by atoms with Gasteiger partial charge in [0, 0.05) is 17.8 Å². The summed E-state index contributed by atoms with van der Waals surface area (Å²) in [5.74, 6) is 0.615. The Kier molecular flexibility index (Phi) is 1.70. The summed E-state index contributed by atoms with van der Waals surface area (Å²) in [5.41, 5.74) is 1.01. The number of pyridine rings is 1. The zero-order valence-corrected chi connectivity index (χ0v) is 6.93. The van der Waals surface area contributed by atoms with Crippen molar-refractivity contribution in [1.82, 2.24) is 9.97 Å². The molecular formula is C8H5N3S. The largest absolute Gasteiger partial charge is 0.361 e. The van der Waals surface area contributed by atoms with Crippen molar-refractivity contribution in [1.29, 1.82) is 0 Å². The molecule has 0 unspecified atom stereocenters. The number of aromatic nitrogens is 2. The molecule has 0 aliphatic carbocycles. The molecule has 0 radical (unpaired) electrons. The first-order chi connectivity index (χ1) is 5.92. The Morgan fingerprint density at radius 3 is 3.25 bits per heavy atom. The van der Waals surface area contributed by atoms with Crippen molar-refractivity contribution >= 4 is 34.1 Å². The van der Waals surface area contributed by atoms with Crippen molar-refractivity contribution < 1.29 is 0 Å². The van der Waals surface area contributed by atoms with Crippen molar-refractivity contribution in [2.45, 2.75) is 0 Å². The quantitative estimate of drug-likeness (QED) is 0.533. The van der Waals surface area contributed by atoms with E-state index in [4.69, 9.17) is 0 Å². The third-order valence-corrected chi connectivity index (χ3v) is 1.70. The summed E-state index contributed by atoms with van der Waals surface area (Å²) in [5, 5.41) is 3.27. The summed E-state index contributed by atoms with van der Waals surface area (Å²) in [7, 11) is 0. The molecule has 2 heterocycles. The van der Waals surface area contributed by atoms with Gasteiger partial charge in [-0.2, -0.15) is 4.99 Å². The first-order valence-electron chi connectivity index (χ1n) is 3.42. The molecule has 2 aromatic heterocycles. The first-order valence-corrected chi connectivity index (χ1v) is 3.82. The lowest BCUT2D eigenvalue weighted by atomic mass is 10.3. The maximum atomic E-state index is 4.50. The third kappa shape index (κ3) is 1.03. The Hall–Kier alpha value is -1.51. The van der Waals surface area contributed by atoms with Gasteiger partial charge in [0.1, 0.15) is 0 Å². The summed E-state index contributed by atoms with van der Waals surface area (Å²) < 4.78 is 0. The molecule has 2 aromatic rings. The van der Waals surface area contributed by atoms with Crippen LogP contribution in [0.3, 0.4) is 0 Å². The van der Waals surface area contributed by atoms with Gasteiger partial charge in [-0.1, -0.05) is 0 Å². The van der Waals surface area contributed by atoms with Gasteiger partial charge in [0.2, 0.25) is 0 Å². The maximum absolute atomic E-state index is 4.50. The minimum atomic E-state index is 0.615. The van der Waals surface area contributed by atoms with Gasteiger partial charge in [-0.3, -0.25) is 0 Å². The third-order valence-electron chi connectivity index (χ3n) is 1.61. The predicted octanol–water partition coefficient (Wildman–Crippen LogP) is 2.30. The van der Waals surface area contributed by atoms with E-state index in [2.05, 4.69) is 32.3 Å². The summed E-state index contributed by atoms with van der Waals surface area (Å²) in [6.45, 7) is 0. The highest BCUT2D eigenvalue weighted by molar-refractivity contribution is 7.78. The number of nitrogens with zero attached hydrogens (tertiary/aromatic N) is 2. The van der Waals surface area contributed by atoms with E-state index in [-0.39, 0.29) is 0 Å². The monoisotopic (exact) mass is 175 g/mol. The first kappa shape index (κ1) is 7.16. The van der Waals surface area contributed by atoms with Gasteiger partial charge in [-0.15, -0.1) is 0 Å². The zero-order valence-electron chi connectivity index (χ0n) is 6.11. The molecule has 4 heteroatoms. The molecule has 12 heavy (non-hydrogen) atoms. The van der Waals surface area contributed by atoms with Crippen molar-refractivity contribution in [3.8, 4) is 0 Å². The number of thiocarbonyl (C=S) groups is 1. The fourth-order valence-electron chi connectivity index (χ4n) is 1.10. The lowest BCUT2D eigenvalue weighted by Gasteiger charge is -1.91. The number of rotatable bonds is 1. The standard InChI is InChI=1S/C8H5N3S/c12-5-11-8-6-1-3-9-7(6)2-4-10-8/h1-4,9H. The molecule has 0 saturated carbocycles. The van der Waals surface area contributed by atoms with Crippen LogP contribution in [0, 0.1) is 0 Å². The van der Waals surface area contributed by atoms with Crippen LogP contribution >= 0.6 is 12.2 Å². The molecule has 3 nitrogen and oxygen atoms in total. The highest BCUT2D eigenvalue weighted by Gasteiger charge is 1.99. The second-order valence-electron chi connectivity index (χ2n) is 2.28. The van der Waals surface area contributed by atoms with Gasteiger partial charge in [-0.05, 0) is 24.4 Å². The van der Waals surface area contributed by atoms with Crippen LogP contribution in [0.4, 0.5) is 5.82 Å². The van der Waals surface area contributed by atoms with E-state index in [9.17, 15) is 0 Å². The van der Waals surface area contributed by atoms with E-state index in [1.54, 1.807) is 6.20 Å². The number of hydrogen-bond acceptors (Lipinski definition) is 3. The molecule has 0 atom stereocenters. The normalized spacial score (nSPS) is 9.67. The fourth-order valence-corrected chi connectivity index (χ4v) is 1.19. The average Bonchev–Trinajstić information content (AvgIpc) is 2.53. The van der Waals surface area contributed by atoms with E-state index in [0.29, 0.717) is 5.82 Å². The van der Waals surface area contributed by atoms with Crippen LogP contribution in [0.5, 0.6) is 0 Å². The highest BCUT2D eigenvalue weighted by Crippen LogP contribution is 2.21. The van der Waals surface area contributed by atoms with Crippen LogP contribution in [0.1, 0.15) is 0 Å². The molecular weight excluding hydrogens is 170 g/mol. The molecule has 2 rings (SSSR count). The van der Waals surface area contributed by atoms with E-state index in [1.807, 2.05) is 18.3 Å². The molecule has 0 amide bonds. The SMILES string of the molecule is S=C=Nc1nccc2[nH]ccc12. The van der Waals surface area contributed by atoms with Gasteiger partial charge in [-0.25, -0.2) is 4.98 Å². The maximum Gasteiger partial charge on any atom is 0.171 e. The van der Waals surface area contributed by atoms with Gasteiger partial charge in [0.05, 0.1) is 10.7 Å². The number of isothiocyanates is 1. The number of hydrogen-bond donors (Lipinski definition) is 1. The molecule has 0 bridgehead atoms. The Bertz CT molecular complexity index is 454. The van der Waals surface area contributed by atoms with Crippen molar-refractivity contribution in [2.75, 3.05) is 0 Å². The topological polar surface area (TPSA) is 41.0 Å². The van der Waals surface area contributed by atoms with E-state index in [1.165, 1.54) is 0 Å². The minimum Gasteiger partial charge on any atom is -0.361 e. The summed E-state index contributed by atoms with van der Waals surface area (Å²) >= 11 is 4.50. The number of aliphatic imine (C=N–C) groups is 1. The van der Waals surface area contributed by atoms with Crippen LogP contribution in [0.2, 0.25) is 0 Å². The Labute approximate surface area is 74.2 Å². The van der Waals surface area contributed by atoms with E-state index < -0.39 is 0 Å². The average molecular weight is 175 g/mol. The number of fused-ring (bicyclic) bond motifs is 1. The van der Waals surface area contributed by atoms with Crippen molar-refractivity contribution in [3.63, 3.8) is 0 Å². The summed E-state index contributed by atoms with van der Waals surface area (Å²) in [6.07, 6.45) is 3.53. The van der Waals surface area contributed by atoms with Gasteiger partial charge in [0.25, 0.3) is 0 Å². The number of aromatic amines is 1. The summed E-state index contributed by atoms with van der Waals surface area (Å²) in [6, 6.07) is 3.80. The Morgan fingerprint density at radius 2 is 2.42 bits per heavy atom. The molecule has 0 aliphatic rings. The van der Waals surface area contributed by atoms with E-state index in [0.717, 1.165) is 10.9 Å². The fraction of sp³-hybridized carbons (Fsp3) is 0. The van der Waals surface area contributed by atoms with Crippen LogP contribution in [0.15, 0.2) is 29.5 Å². The number of nitrogens with one attached hydrogen (secondary N) is 1. The Morgan fingerprint density at radius 1 is 1.50 bits per heavy atom. The van der Waals surface area contributed by atoms with Crippen LogP contribution in [-0.4, -0.2) is 15.1 Å². The molecule has 0 aromatic carbocycles. The van der Waals surface area contributed by atoms with Crippen LogP contribution in [0.25, 0.3) is 10.9 Å². The van der Waals surface area contributed by atoms with Gasteiger partial charge >= 0.3 is 0 Å². The molecule has 0 fully saturated rings. The molecule has 0 aliphatic heterocycles. The predicted molar refractivity (Wildman–Crippen MR) is 50.8 cm³/mol. The van der Waals surface area contributed by atoms with Crippen LogP contribution in [-0.2, 0) is 0 Å². The molecule has 58 valence electrons.